The zero-order chi connectivity index (χ0) is 22.7. The van der Waals surface area contributed by atoms with Gasteiger partial charge in [0.2, 0.25) is 11.8 Å². The number of hydrogen-bond donors (Lipinski definition) is 0. The zero-order valence-electron chi connectivity index (χ0n) is 18.2. The van der Waals surface area contributed by atoms with Crippen molar-refractivity contribution in [1.82, 2.24) is 14.7 Å². The van der Waals surface area contributed by atoms with Crippen LogP contribution in [0.4, 0.5) is 4.39 Å². The van der Waals surface area contributed by atoms with E-state index in [1.165, 1.54) is 18.2 Å². The normalized spacial score (nSPS) is 20.2. The van der Waals surface area contributed by atoms with Crippen molar-refractivity contribution in [3.8, 4) is 0 Å². The molecular weight excluding hydrogens is 409 g/mol. The molecule has 4 rings (SSSR count). The lowest BCUT2D eigenvalue weighted by Gasteiger charge is -2.27. The summed E-state index contributed by atoms with van der Waals surface area (Å²) in [6.45, 7) is 4.27. The van der Waals surface area contributed by atoms with Crippen LogP contribution in [-0.4, -0.2) is 65.1 Å². The molecule has 2 fully saturated rings. The van der Waals surface area contributed by atoms with Crippen LogP contribution in [0.15, 0.2) is 54.6 Å². The molecule has 0 aromatic heterocycles. The number of carbonyl (C=O) groups excluding carboxylic acids is 3. The van der Waals surface area contributed by atoms with Crippen LogP contribution in [0.2, 0.25) is 0 Å². The fourth-order valence-electron chi connectivity index (χ4n) is 4.59. The van der Waals surface area contributed by atoms with Crippen LogP contribution in [0.1, 0.15) is 41.7 Å². The summed E-state index contributed by atoms with van der Waals surface area (Å²) in [4.78, 5) is 43.8. The smallest absolute Gasteiger partial charge is 0.254 e. The minimum atomic E-state index is -0.442. The summed E-state index contributed by atoms with van der Waals surface area (Å²) in [7, 11) is 0. The first-order valence-electron chi connectivity index (χ1n) is 11.1. The maximum absolute atomic E-state index is 13.5. The Labute approximate surface area is 187 Å². The van der Waals surface area contributed by atoms with Gasteiger partial charge in [-0.25, -0.2) is 4.39 Å². The highest BCUT2D eigenvalue weighted by Crippen LogP contribution is 2.29. The summed E-state index contributed by atoms with van der Waals surface area (Å²) in [6, 6.07) is 15.4. The van der Waals surface area contributed by atoms with Crippen LogP contribution in [0.5, 0.6) is 0 Å². The van der Waals surface area contributed by atoms with Gasteiger partial charge in [-0.1, -0.05) is 36.4 Å². The van der Waals surface area contributed by atoms with E-state index in [9.17, 15) is 18.8 Å². The van der Waals surface area contributed by atoms with Crippen molar-refractivity contribution in [1.29, 1.82) is 0 Å². The van der Waals surface area contributed by atoms with Crippen LogP contribution < -0.4 is 0 Å². The fraction of sp³-hybridized carbons (Fsp3) is 0.400. The van der Waals surface area contributed by atoms with Gasteiger partial charge in [-0.2, -0.15) is 0 Å². The molecule has 2 aromatic rings. The maximum atomic E-state index is 13.5. The molecule has 2 aliphatic rings. The molecule has 0 bridgehead atoms. The van der Waals surface area contributed by atoms with Crippen molar-refractivity contribution in [2.45, 2.75) is 25.8 Å². The lowest BCUT2D eigenvalue weighted by molar-refractivity contribution is -0.135. The second-order valence-corrected chi connectivity index (χ2v) is 8.52. The summed E-state index contributed by atoms with van der Waals surface area (Å²) in [5.41, 5.74) is 1.37. The Bertz CT molecular complexity index is 997. The van der Waals surface area contributed by atoms with Gasteiger partial charge in [-0.15, -0.1) is 0 Å². The highest BCUT2D eigenvalue weighted by atomic mass is 19.1. The van der Waals surface area contributed by atoms with Crippen LogP contribution in [0.25, 0.3) is 0 Å². The summed E-state index contributed by atoms with van der Waals surface area (Å²) in [5.74, 6) is -1.06. The van der Waals surface area contributed by atoms with Crippen molar-refractivity contribution in [3.63, 3.8) is 0 Å². The predicted molar refractivity (Wildman–Crippen MR) is 118 cm³/mol. The zero-order valence-corrected chi connectivity index (χ0v) is 18.2. The Morgan fingerprint density at radius 1 is 0.969 bits per heavy atom. The summed E-state index contributed by atoms with van der Waals surface area (Å²) in [5, 5.41) is 0. The van der Waals surface area contributed by atoms with Crippen molar-refractivity contribution >= 4 is 17.7 Å². The van der Waals surface area contributed by atoms with Crippen molar-refractivity contribution < 1.29 is 18.8 Å². The van der Waals surface area contributed by atoms with Gasteiger partial charge in [0.25, 0.3) is 5.91 Å². The summed E-state index contributed by atoms with van der Waals surface area (Å²) < 4.78 is 13.5. The molecule has 3 amide bonds. The van der Waals surface area contributed by atoms with Crippen LogP contribution in [-0.2, 0) is 9.59 Å². The van der Waals surface area contributed by atoms with Gasteiger partial charge in [0.15, 0.2) is 0 Å². The molecule has 6 nitrogen and oxygen atoms in total. The van der Waals surface area contributed by atoms with E-state index >= 15 is 0 Å². The first-order valence-corrected chi connectivity index (χ1v) is 11.1. The van der Waals surface area contributed by atoms with Gasteiger partial charge in [-0.3, -0.25) is 14.4 Å². The SMILES string of the molecule is CC(c1ccccc1)N1CC(C(=O)N2CCCN(C(=O)c3cccc(F)c3)CC2)CC1=O. The Balaban J connectivity index is 1.37. The first kappa shape index (κ1) is 22.0. The largest absolute Gasteiger partial charge is 0.341 e. The molecule has 2 atom stereocenters. The number of nitrogens with zero attached hydrogens (tertiary/aromatic N) is 3. The van der Waals surface area contributed by atoms with E-state index in [-0.39, 0.29) is 36.1 Å². The van der Waals surface area contributed by atoms with Gasteiger partial charge >= 0.3 is 0 Å². The molecule has 0 spiro atoms. The average molecular weight is 438 g/mol. The summed E-state index contributed by atoms with van der Waals surface area (Å²) >= 11 is 0. The van der Waals surface area contributed by atoms with Gasteiger partial charge in [0.05, 0.1) is 12.0 Å². The standard InChI is InChI=1S/C25H28FN3O3/c1-18(19-7-3-2-4-8-19)29-17-21(16-23(29)30)25(32)28-12-6-11-27(13-14-28)24(31)20-9-5-10-22(26)15-20/h2-5,7-10,15,18,21H,6,11-14,16-17H2,1H3. The number of halogens is 1. The number of rotatable bonds is 4. The van der Waals surface area contributed by atoms with Gasteiger partial charge < -0.3 is 14.7 Å². The Hall–Kier alpha value is -3.22. The second-order valence-electron chi connectivity index (χ2n) is 8.52. The van der Waals surface area contributed by atoms with Crippen LogP contribution in [0.3, 0.4) is 0 Å². The Morgan fingerprint density at radius 2 is 1.69 bits per heavy atom. The van der Waals surface area contributed by atoms with E-state index in [1.54, 1.807) is 20.8 Å². The third-order valence-electron chi connectivity index (χ3n) is 6.42. The van der Waals surface area contributed by atoms with E-state index < -0.39 is 5.82 Å². The molecule has 2 aliphatic heterocycles. The molecule has 0 aliphatic carbocycles. The Morgan fingerprint density at radius 3 is 2.44 bits per heavy atom. The van der Waals surface area contributed by atoms with Crippen molar-refractivity contribution in [2.24, 2.45) is 5.92 Å². The van der Waals surface area contributed by atoms with Gasteiger partial charge in [0, 0.05) is 44.7 Å². The number of hydrogen-bond acceptors (Lipinski definition) is 3. The lowest BCUT2D eigenvalue weighted by atomic mass is 10.1. The van der Waals surface area contributed by atoms with Crippen LogP contribution >= 0.6 is 0 Å². The first-order chi connectivity index (χ1) is 15.4. The third kappa shape index (κ3) is 4.66. The molecule has 32 heavy (non-hydrogen) atoms. The maximum Gasteiger partial charge on any atom is 0.254 e. The molecular formula is C25H28FN3O3. The monoisotopic (exact) mass is 437 g/mol. The Kier molecular flexibility index (Phi) is 6.53. The molecule has 2 heterocycles. The molecule has 2 unspecified atom stereocenters. The number of amides is 3. The third-order valence-corrected chi connectivity index (χ3v) is 6.42. The van der Waals surface area contributed by atoms with Crippen molar-refractivity contribution in [2.75, 3.05) is 32.7 Å². The molecule has 0 N–H and O–H groups in total. The second kappa shape index (κ2) is 9.51. The highest BCUT2D eigenvalue weighted by molar-refractivity contribution is 5.94. The van der Waals surface area contributed by atoms with E-state index in [4.69, 9.17) is 0 Å². The van der Waals surface area contributed by atoms with Crippen molar-refractivity contribution in [3.05, 3.63) is 71.5 Å². The summed E-state index contributed by atoms with van der Waals surface area (Å²) in [6.07, 6.45) is 0.871. The van der Waals surface area contributed by atoms with E-state index in [1.807, 2.05) is 37.3 Å². The van der Waals surface area contributed by atoms with E-state index in [0.717, 1.165) is 5.56 Å². The molecule has 7 heteroatoms. The molecule has 0 saturated carbocycles. The topological polar surface area (TPSA) is 60.9 Å². The average Bonchev–Trinajstić information content (AvgIpc) is 3.03. The van der Waals surface area contributed by atoms with Gasteiger partial charge in [-0.05, 0) is 37.1 Å². The highest BCUT2D eigenvalue weighted by Gasteiger charge is 2.39. The number of carbonyl (C=O) groups is 3. The molecule has 2 aromatic carbocycles. The minimum absolute atomic E-state index is 0.00238. The lowest BCUT2D eigenvalue weighted by Crippen LogP contribution is -2.41. The van der Waals surface area contributed by atoms with Gasteiger partial charge in [0.1, 0.15) is 5.82 Å². The minimum Gasteiger partial charge on any atom is -0.341 e. The fourth-order valence-corrected chi connectivity index (χ4v) is 4.59. The van der Waals surface area contributed by atoms with E-state index in [0.29, 0.717) is 44.7 Å². The number of benzene rings is 2. The molecule has 168 valence electrons. The molecule has 0 radical (unpaired) electrons. The predicted octanol–water partition coefficient (Wildman–Crippen LogP) is 3.11. The van der Waals surface area contributed by atoms with E-state index in [2.05, 4.69) is 0 Å². The number of likely N-dealkylation sites (tertiary alicyclic amines) is 1. The molecule has 2 saturated heterocycles. The van der Waals surface area contributed by atoms with Crippen LogP contribution in [0, 0.1) is 11.7 Å². The quantitative estimate of drug-likeness (QED) is 0.739.